The van der Waals surface area contributed by atoms with Crippen LogP contribution in [-0.4, -0.2) is 24.2 Å². The second kappa shape index (κ2) is 13.6. The molecule has 4 aromatic carbocycles. The Balaban J connectivity index is 0.000000581. The van der Waals surface area contributed by atoms with E-state index in [2.05, 4.69) is 123 Å². The number of fused-ring (bicyclic) bond motifs is 2. The number of benzene rings is 2. The van der Waals surface area contributed by atoms with Crippen molar-refractivity contribution in [3.8, 4) is 0 Å². The van der Waals surface area contributed by atoms with Crippen LogP contribution in [0.4, 0.5) is 0 Å². The molecule has 252 valence electrons. The SMILES string of the molecule is C[Si](C)(C)c1cc(C23CC4CC(CC(C4)C2CP)C3)c(C(P)(c2ccc3ccccc3n2)c2ccc3ccccc3n2)[cH-]1.[Fe+2].c1cc[cH-]c1. The fourth-order valence-corrected chi connectivity index (χ4v) is 12.5. The molecule has 5 atom stereocenters. The molecule has 0 radical (unpaired) electrons. The molecule has 4 aliphatic rings. The summed E-state index contributed by atoms with van der Waals surface area (Å²) in [4.78, 5) is 10.8. The second-order valence-electron chi connectivity index (χ2n) is 16.0. The normalized spacial score (nSPS) is 24.4. The summed E-state index contributed by atoms with van der Waals surface area (Å²) in [6, 6.07) is 41.4. The third kappa shape index (κ3) is 6.15. The summed E-state index contributed by atoms with van der Waals surface area (Å²) < 4.78 is 0. The first-order chi connectivity index (χ1) is 23.2. The van der Waals surface area contributed by atoms with Gasteiger partial charge >= 0.3 is 17.1 Å². The maximum Gasteiger partial charge on any atom is 2.00 e. The van der Waals surface area contributed by atoms with Crippen LogP contribution < -0.4 is 5.19 Å². The zero-order valence-corrected chi connectivity index (χ0v) is 33.3. The van der Waals surface area contributed by atoms with E-state index in [1.54, 1.807) is 10.8 Å². The predicted octanol–water partition coefficient (Wildman–Crippen LogP) is 10.2. The Hall–Kier alpha value is -2.44. The standard InChI is InChI=1S/C38H43N2P2Si.C5H5.Fe/c1-43(2,3)29-19-30(37-21-24-16-25(22-37)18-28(17-24)32(37)23-41)31(20-29)38(42,35-14-12-26-8-4-6-10-33(26)39-35)36-15-13-27-9-5-7-11-34(27)40-36;1-2-4-5-3-1;/h4-15,19-20,24-25,28,32H,16-18,21-23,41-42H2,1-3H3;1-5H;/q2*-1;+2. The molecule has 2 heterocycles. The van der Waals surface area contributed by atoms with Crippen molar-refractivity contribution in [1.82, 2.24) is 9.97 Å². The molecule has 0 spiro atoms. The summed E-state index contributed by atoms with van der Waals surface area (Å²) >= 11 is 0. The Bertz CT molecular complexity index is 1950. The number of nitrogens with zero attached hydrogens (tertiary/aromatic N) is 2. The molecule has 10 rings (SSSR count). The van der Waals surface area contributed by atoms with Crippen LogP contribution in [-0.2, 0) is 27.6 Å². The van der Waals surface area contributed by atoms with Gasteiger partial charge in [0.15, 0.2) is 0 Å². The van der Waals surface area contributed by atoms with Crippen molar-refractivity contribution in [1.29, 1.82) is 0 Å². The first-order valence-corrected chi connectivity index (χ1v) is 22.8. The van der Waals surface area contributed by atoms with Crippen molar-refractivity contribution in [3.05, 3.63) is 138 Å². The van der Waals surface area contributed by atoms with E-state index < -0.39 is 13.2 Å². The molecule has 6 aromatic rings. The van der Waals surface area contributed by atoms with Crippen molar-refractivity contribution in [3.63, 3.8) is 0 Å². The van der Waals surface area contributed by atoms with E-state index in [1.807, 2.05) is 30.3 Å². The largest absolute Gasteiger partial charge is 2.00 e. The van der Waals surface area contributed by atoms with Crippen molar-refractivity contribution in [2.45, 2.75) is 62.3 Å². The Morgan fingerprint density at radius 3 is 1.82 bits per heavy atom. The van der Waals surface area contributed by atoms with Gasteiger partial charge in [0.25, 0.3) is 0 Å². The van der Waals surface area contributed by atoms with Gasteiger partial charge in [0.2, 0.25) is 0 Å². The Kier molecular flexibility index (Phi) is 9.71. The monoisotopic (exact) mass is 738 g/mol. The molecule has 49 heavy (non-hydrogen) atoms. The topological polar surface area (TPSA) is 25.8 Å². The first kappa shape index (κ1) is 35.0. The van der Waals surface area contributed by atoms with E-state index >= 15 is 0 Å². The molecule has 0 N–H and O–H groups in total. The van der Waals surface area contributed by atoms with Crippen LogP contribution in [0.2, 0.25) is 19.6 Å². The van der Waals surface area contributed by atoms with E-state index in [0.717, 1.165) is 46.1 Å². The van der Waals surface area contributed by atoms with Gasteiger partial charge in [-0.05, 0) is 73.4 Å². The summed E-state index contributed by atoms with van der Waals surface area (Å²) in [5.74, 6) is 3.34. The number of hydrogen-bond acceptors (Lipinski definition) is 2. The van der Waals surface area contributed by atoms with Crippen LogP contribution in [0.5, 0.6) is 0 Å². The molecule has 0 saturated heterocycles. The maximum atomic E-state index is 5.42. The van der Waals surface area contributed by atoms with E-state index in [-0.39, 0.29) is 22.5 Å². The van der Waals surface area contributed by atoms with Gasteiger partial charge in [-0.25, -0.2) is 18.2 Å². The summed E-state index contributed by atoms with van der Waals surface area (Å²) in [7, 11) is 4.93. The minimum absolute atomic E-state index is 0. The van der Waals surface area contributed by atoms with Crippen LogP contribution >= 0.6 is 18.5 Å². The smallest absolute Gasteiger partial charge is 0.251 e. The van der Waals surface area contributed by atoms with Gasteiger partial charge in [0.05, 0.1) is 35.7 Å². The molecule has 5 unspecified atom stereocenters. The maximum absolute atomic E-state index is 5.42. The van der Waals surface area contributed by atoms with E-state index in [4.69, 9.17) is 9.97 Å². The van der Waals surface area contributed by atoms with Crippen molar-refractivity contribution in [2.75, 3.05) is 6.16 Å². The molecule has 2 aromatic heterocycles. The molecule has 4 saturated carbocycles. The molecule has 2 nitrogen and oxygen atoms in total. The Morgan fingerprint density at radius 1 is 0.776 bits per heavy atom. The van der Waals surface area contributed by atoms with Gasteiger partial charge in [0, 0.05) is 10.8 Å². The summed E-state index contributed by atoms with van der Waals surface area (Å²) in [6.07, 6.45) is 8.22. The predicted molar refractivity (Wildman–Crippen MR) is 213 cm³/mol. The average Bonchev–Trinajstić information content (AvgIpc) is 3.82. The molecule has 4 bridgehead atoms. The van der Waals surface area contributed by atoms with Crippen LogP contribution in [0, 0.1) is 23.7 Å². The van der Waals surface area contributed by atoms with Crippen LogP contribution in [0.1, 0.15) is 54.6 Å². The van der Waals surface area contributed by atoms with Gasteiger partial charge in [-0.1, -0.05) is 86.4 Å². The quantitative estimate of drug-likeness (QED) is 0.0966. The zero-order chi connectivity index (χ0) is 33.1. The zero-order valence-electron chi connectivity index (χ0n) is 28.9. The first-order valence-electron chi connectivity index (χ1n) is 17.9. The van der Waals surface area contributed by atoms with E-state index in [1.165, 1.54) is 54.6 Å². The van der Waals surface area contributed by atoms with E-state index in [9.17, 15) is 0 Å². The molecule has 4 fully saturated rings. The van der Waals surface area contributed by atoms with Crippen LogP contribution in [0.25, 0.3) is 21.8 Å². The van der Waals surface area contributed by atoms with Gasteiger partial charge in [0.1, 0.15) is 0 Å². The third-order valence-electron chi connectivity index (χ3n) is 12.1. The van der Waals surface area contributed by atoms with Crippen LogP contribution in [0.3, 0.4) is 0 Å². The number of hydrogen-bond donors (Lipinski definition) is 0. The molecule has 4 aliphatic carbocycles. The van der Waals surface area contributed by atoms with E-state index in [0.29, 0.717) is 0 Å². The Morgan fingerprint density at radius 2 is 1.33 bits per heavy atom. The number of aromatic nitrogens is 2. The molecular weight excluding hydrogens is 690 g/mol. The van der Waals surface area contributed by atoms with Crippen LogP contribution in [0.15, 0.2) is 115 Å². The molecule has 0 aliphatic heterocycles. The number of rotatable bonds is 6. The summed E-state index contributed by atoms with van der Waals surface area (Å²) in [6.45, 7) is 7.53. The molecule has 6 heteroatoms. The van der Waals surface area contributed by atoms with Crippen molar-refractivity contribution in [2.24, 2.45) is 23.7 Å². The minimum Gasteiger partial charge on any atom is -0.251 e. The fourth-order valence-electron chi connectivity index (χ4n) is 9.96. The molecule has 0 amide bonds. The fraction of sp³-hybridized carbons (Fsp3) is 0.349. The van der Waals surface area contributed by atoms with Crippen molar-refractivity contribution >= 4 is 53.5 Å². The third-order valence-corrected chi connectivity index (χ3v) is 15.5. The van der Waals surface area contributed by atoms with Gasteiger partial charge < -0.3 is 0 Å². The summed E-state index contributed by atoms with van der Waals surface area (Å²) in [5.41, 5.74) is 7.52. The number of pyridine rings is 2. The summed E-state index contributed by atoms with van der Waals surface area (Å²) in [5, 5.41) is 3.37. The average molecular weight is 739 g/mol. The van der Waals surface area contributed by atoms with Gasteiger partial charge in [-0.15, -0.1) is 24.0 Å². The number of para-hydroxylation sites is 2. The second-order valence-corrected chi connectivity index (χ2v) is 22.4. The van der Waals surface area contributed by atoms with Crippen molar-refractivity contribution < 1.29 is 17.1 Å². The van der Waals surface area contributed by atoms with Gasteiger partial charge in [-0.2, -0.15) is 35.0 Å². The molecular formula is C43H48FeN2P2Si. The minimum atomic E-state index is -1.61. The van der Waals surface area contributed by atoms with Gasteiger partial charge in [-0.3, -0.25) is 9.97 Å². The Labute approximate surface area is 308 Å².